The summed E-state index contributed by atoms with van der Waals surface area (Å²) in [5, 5.41) is 10.9. The van der Waals surface area contributed by atoms with Crippen LogP contribution in [0, 0.1) is 11.6 Å². The van der Waals surface area contributed by atoms with Crippen molar-refractivity contribution in [1.82, 2.24) is 9.97 Å². The van der Waals surface area contributed by atoms with Crippen molar-refractivity contribution in [3.8, 4) is 39.5 Å². The number of halogens is 2. The van der Waals surface area contributed by atoms with Gasteiger partial charge in [0, 0.05) is 34.4 Å². The van der Waals surface area contributed by atoms with Crippen molar-refractivity contribution < 1.29 is 13.9 Å². The molecule has 1 N–H and O–H groups in total. The van der Waals surface area contributed by atoms with Gasteiger partial charge in [0.1, 0.15) is 17.4 Å². The minimum absolute atomic E-state index is 0.182. The maximum Gasteiger partial charge on any atom is 0.135 e. The van der Waals surface area contributed by atoms with E-state index in [1.54, 1.807) is 30.5 Å². The third-order valence-corrected chi connectivity index (χ3v) is 7.39. The second kappa shape index (κ2) is 9.81. The van der Waals surface area contributed by atoms with Crippen molar-refractivity contribution in [3.63, 3.8) is 0 Å². The van der Waals surface area contributed by atoms with Crippen molar-refractivity contribution in [2.75, 3.05) is 0 Å². The van der Waals surface area contributed by atoms with Crippen molar-refractivity contribution in [1.29, 1.82) is 0 Å². The molecule has 2 heterocycles. The van der Waals surface area contributed by atoms with Crippen LogP contribution in [0.2, 0.25) is 0 Å². The van der Waals surface area contributed by atoms with Crippen LogP contribution in [0.15, 0.2) is 66.9 Å². The third-order valence-electron chi connectivity index (χ3n) is 7.39. The Labute approximate surface area is 210 Å². The van der Waals surface area contributed by atoms with Crippen LogP contribution in [0.25, 0.3) is 33.8 Å². The normalized spacial score (nSPS) is 13.4. The molecule has 4 aromatic rings. The molecular formula is C31H30F2N2O. The lowest BCUT2D eigenvalue weighted by Crippen LogP contribution is -2.25. The number of pyridine rings is 2. The fourth-order valence-corrected chi connectivity index (χ4v) is 5.60. The third kappa shape index (κ3) is 3.97. The van der Waals surface area contributed by atoms with Gasteiger partial charge < -0.3 is 5.11 Å². The number of benzene rings is 2. The lowest BCUT2D eigenvalue weighted by molar-refractivity contribution is 0.412. The van der Waals surface area contributed by atoms with E-state index in [1.807, 2.05) is 18.2 Å². The standard InChI is InChI=1S/C31H30F2N2O/c1-3-5-15-31(16-6-4-2)22-10-9-12-28(36)29(22)30-23(31)13-14-27(35-30)21-18-20(24(32)19-25(21)33)26-11-7-8-17-34-26/h7-14,17-19,36H,3-6,15-16H2,1-2H3. The monoisotopic (exact) mass is 484 g/mol. The highest BCUT2D eigenvalue weighted by atomic mass is 19.1. The van der Waals surface area contributed by atoms with Crippen LogP contribution in [0.3, 0.4) is 0 Å². The highest BCUT2D eigenvalue weighted by Gasteiger charge is 2.44. The van der Waals surface area contributed by atoms with E-state index in [0.717, 1.165) is 61.3 Å². The Morgan fingerprint density at radius 1 is 0.778 bits per heavy atom. The molecule has 0 atom stereocenters. The number of rotatable bonds is 8. The Kier molecular flexibility index (Phi) is 6.57. The van der Waals surface area contributed by atoms with Crippen LogP contribution >= 0.6 is 0 Å². The van der Waals surface area contributed by atoms with Crippen molar-refractivity contribution in [2.24, 2.45) is 0 Å². The first-order valence-corrected chi connectivity index (χ1v) is 12.7. The highest BCUT2D eigenvalue weighted by molar-refractivity contribution is 5.84. The Hall–Kier alpha value is -3.60. The van der Waals surface area contributed by atoms with Crippen LogP contribution in [-0.4, -0.2) is 15.1 Å². The number of hydrogen-bond donors (Lipinski definition) is 1. The number of fused-ring (bicyclic) bond motifs is 3. The second-order valence-corrected chi connectivity index (χ2v) is 9.61. The minimum Gasteiger partial charge on any atom is -0.507 e. The molecule has 0 fully saturated rings. The summed E-state index contributed by atoms with van der Waals surface area (Å²) in [6.45, 7) is 4.37. The number of aromatic hydroxyl groups is 1. The molecule has 0 saturated carbocycles. The maximum absolute atomic E-state index is 15.1. The summed E-state index contributed by atoms with van der Waals surface area (Å²) in [6, 6.07) is 17.1. The summed E-state index contributed by atoms with van der Waals surface area (Å²) in [5.74, 6) is -1.17. The Balaban J connectivity index is 1.70. The molecule has 0 amide bonds. The molecule has 0 bridgehead atoms. The quantitative estimate of drug-likeness (QED) is 0.273. The molecule has 1 aliphatic rings. The molecule has 3 nitrogen and oxygen atoms in total. The fraction of sp³-hybridized carbons (Fsp3) is 0.290. The number of phenols is 1. The predicted molar refractivity (Wildman–Crippen MR) is 140 cm³/mol. The first kappa shape index (κ1) is 24.1. The van der Waals surface area contributed by atoms with E-state index in [9.17, 15) is 9.50 Å². The molecule has 2 aromatic heterocycles. The van der Waals surface area contributed by atoms with Crippen LogP contribution in [0.5, 0.6) is 5.75 Å². The van der Waals surface area contributed by atoms with E-state index in [4.69, 9.17) is 4.98 Å². The van der Waals surface area contributed by atoms with Crippen molar-refractivity contribution in [2.45, 2.75) is 57.8 Å². The predicted octanol–water partition coefficient (Wildman–Crippen LogP) is 8.44. The molecule has 5 heteroatoms. The number of unbranched alkanes of at least 4 members (excludes halogenated alkanes) is 2. The molecule has 0 saturated heterocycles. The maximum atomic E-state index is 15.1. The van der Waals surface area contributed by atoms with Gasteiger partial charge in [-0.1, -0.05) is 63.8 Å². The first-order valence-electron chi connectivity index (χ1n) is 12.7. The van der Waals surface area contributed by atoms with Gasteiger partial charge in [-0.25, -0.2) is 13.8 Å². The summed E-state index contributed by atoms with van der Waals surface area (Å²) >= 11 is 0. The summed E-state index contributed by atoms with van der Waals surface area (Å²) in [4.78, 5) is 9.15. The zero-order chi connectivity index (χ0) is 25.3. The highest BCUT2D eigenvalue weighted by Crippen LogP contribution is 2.56. The average molecular weight is 485 g/mol. The van der Waals surface area contributed by atoms with Crippen LogP contribution in [-0.2, 0) is 5.41 Å². The molecular weight excluding hydrogens is 454 g/mol. The number of hydrogen-bond acceptors (Lipinski definition) is 3. The smallest absolute Gasteiger partial charge is 0.135 e. The Morgan fingerprint density at radius 2 is 1.50 bits per heavy atom. The molecule has 2 aromatic carbocycles. The van der Waals surface area contributed by atoms with Gasteiger partial charge in [0.2, 0.25) is 0 Å². The van der Waals surface area contributed by atoms with Gasteiger partial charge in [0.15, 0.2) is 0 Å². The Morgan fingerprint density at radius 3 is 2.17 bits per heavy atom. The summed E-state index contributed by atoms with van der Waals surface area (Å²) in [6.07, 6.45) is 7.75. The molecule has 36 heavy (non-hydrogen) atoms. The van der Waals surface area contributed by atoms with E-state index in [1.165, 1.54) is 6.07 Å². The molecule has 0 aliphatic heterocycles. The van der Waals surface area contributed by atoms with Gasteiger partial charge in [-0.05, 0) is 54.3 Å². The van der Waals surface area contributed by atoms with Crippen molar-refractivity contribution in [3.05, 3.63) is 89.6 Å². The lowest BCUT2D eigenvalue weighted by atomic mass is 9.71. The molecule has 1 aliphatic carbocycles. The van der Waals surface area contributed by atoms with E-state index < -0.39 is 11.6 Å². The van der Waals surface area contributed by atoms with E-state index in [2.05, 4.69) is 24.9 Å². The van der Waals surface area contributed by atoms with E-state index in [0.29, 0.717) is 17.1 Å². The largest absolute Gasteiger partial charge is 0.507 e. The fourth-order valence-electron chi connectivity index (χ4n) is 5.60. The van der Waals surface area contributed by atoms with Gasteiger partial charge in [0.25, 0.3) is 0 Å². The SMILES string of the molecule is CCCCC1(CCCC)c2ccc(-c3cc(-c4ccccn4)c(F)cc3F)nc2-c2c(O)cccc21. The first-order chi connectivity index (χ1) is 17.5. The zero-order valence-corrected chi connectivity index (χ0v) is 20.7. The summed E-state index contributed by atoms with van der Waals surface area (Å²) in [7, 11) is 0. The second-order valence-electron chi connectivity index (χ2n) is 9.61. The number of nitrogens with zero attached hydrogens (tertiary/aromatic N) is 2. The topological polar surface area (TPSA) is 46.0 Å². The van der Waals surface area contributed by atoms with Gasteiger partial charge in [-0.2, -0.15) is 0 Å². The van der Waals surface area contributed by atoms with Crippen LogP contribution in [0.4, 0.5) is 8.78 Å². The van der Waals surface area contributed by atoms with Gasteiger partial charge >= 0.3 is 0 Å². The number of aromatic nitrogens is 2. The van der Waals surface area contributed by atoms with E-state index >= 15 is 4.39 Å². The van der Waals surface area contributed by atoms with Crippen LogP contribution < -0.4 is 0 Å². The zero-order valence-electron chi connectivity index (χ0n) is 20.7. The summed E-state index contributed by atoms with van der Waals surface area (Å²) in [5.41, 5.74) is 4.62. The van der Waals surface area contributed by atoms with Gasteiger partial charge in [-0.15, -0.1) is 0 Å². The Bertz CT molecular complexity index is 1390. The molecule has 184 valence electrons. The minimum atomic E-state index is -0.682. The lowest BCUT2D eigenvalue weighted by Gasteiger charge is -2.32. The van der Waals surface area contributed by atoms with Crippen LogP contribution in [0.1, 0.15) is 63.5 Å². The molecule has 0 spiro atoms. The number of phenolic OH excluding ortho intramolecular Hbond substituents is 1. The molecule has 5 rings (SSSR count). The average Bonchev–Trinajstić information content (AvgIpc) is 3.17. The van der Waals surface area contributed by atoms with E-state index in [-0.39, 0.29) is 22.3 Å². The van der Waals surface area contributed by atoms with Gasteiger partial charge in [0.05, 0.1) is 17.1 Å². The molecule has 0 unspecified atom stereocenters. The summed E-state index contributed by atoms with van der Waals surface area (Å²) < 4.78 is 29.8. The van der Waals surface area contributed by atoms with Crippen molar-refractivity contribution >= 4 is 0 Å². The molecule has 0 radical (unpaired) electrons. The van der Waals surface area contributed by atoms with Gasteiger partial charge in [-0.3, -0.25) is 4.98 Å².